The Morgan fingerprint density at radius 2 is 2.09 bits per heavy atom. The molecule has 0 radical (unpaired) electrons. The minimum Gasteiger partial charge on any atom is -0.492 e. The fraction of sp³-hybridized carbons (Fsp3) is 0.176. The summed E-state index contributed by atoms with van der Waals surface area (Å²) in [6.45, 7) is 2.25. The van der Waals surface area contributed by atoms with Crippen LogP contribution in [0.15, 0.2) is 42.5 Å². The van der Waals surface area contributed by atoms with Gasteiger partial charge in [-0.05, 0) is 37.3 Å². The van der Waals surface area contributed by atoms with Crippen LogP contribution in [0.25, 0.3) is 22.4 Å². The summed E-state index contributed by atoms with van der Waals surface area (Å²) in [6, 6.07) is 12.8. The third kappa shape index (κ3) is 2.83. The topological polar surface area (TPSA) is 90.4 Å². The van der Waals surface area contributed by atoms with Gasteiger partial charge in [-0.15, -0.1) is 0 Å². The van der Waals surface area contributed by atoms with Crippen LogP contribution in [0.2, 0.25) is 0 Å². The molecule has 6 heteroatoms. The Morgan fingerprint density at radius 1 is 1.30 bits per heavy atom. The number of para-hydroxylation sites is 2. The molecule has 0 aliphatic rings. The lowest BCUT2D eigenvalue weighted by molar-refractivity contribution is -0.137. The molecule has 0 saturated carbocycles. The van der Waals surface area contributed by atoms with Gasteiger partial charge in [0.15, 0.2) is 0 Å². The van der Waals surface area contributed by atoms with E-state index >= 15 is 0 Å². The Balaban J connectivity index is 2.15. The Labute approximate surface area is 133 Å². The smallest absolute Gasteiger partial charge is 0.323 e. The number of rotatable bonds is 5. The zero-order chi connectivity index (χ0) is 16.4. The van der Waals surface area contributed by atoms with Crippen LogP contribution in [-0.2, 0) is 11.3 Å². The summed E-state index contributed by atoms with van der Waals surface area (Å²) in [6.07, 6.45) is 0. The average molecular weight is 311 g/mol. The molecule has 0 aliphatic heterocycles. The molecule has 118 valence electrons. The molecular formula is C17H17N3O3. The molecule has 0 unspecified atom stereocenters. The quantitative estimate of drug-likeness (QED) is 0.707. The van der Waals surface area contributed by atoms with Crippen molar-refractivity contribution in [2.45, 2.75) is 13.5 Å². The van der Waals surface area contributed by atoms with Crippen LogP contribution in [0.3, 0.4) is 0 Å². The van der Waals surface area contributed by atoms with Crippen LogP contribution in [0.1, 0.15) is 6.92 Å². The van der Waals surface area contributed by atoms with Gasteiger partial charge in [0.1, 0.15) is 18.1 Å². The number of carboxylic acid groups (broad SMARTS) is 1. The van der Waals surface area contributed by atoms with Crippen LogP contribution in [0.4, 0.5) is 5.69 Å². The number of ether oxygens (including phenoxy) is 1. The minimum absolute atomic E-state index is 0.164. The van der Waals surface area contributed by atoms with Crippen molar-refractivity contribution in [3.63, 3.8) is 0 Å². The maximum atomic E-state index is 11.2. The first-order valence-corrected chi connectivity index (χ1v) is 7.30. The SMILES string of the molecule is CCOc1ccc(-c2nc3ccccc3n2CC(=O)O)cc1N. The third-order valence-electron chi connectivity index (χ3n) is 3.52. The molecule has 2 aromatic carbocycles. The van der Waals surface area contributed by atoms with Crippen molar-refractivity contribution in [1.29, 1.82) is 0 Å². The highest BCUT2D eigenvalue weighted by Gasteiger charge is 2.15. The number of nitrogen functional groups attached to an aromatic ring is 1. The first kappa shape index (κ1) is 14.9. The molecule has 3 N–H and O–H groups in total. The van der Waals surface area contributed by atoms with Crippen molar-refractivity contribution in [1.82, 2.24) is 9.55 Å². The molecule has 0 bridgehead atoms. The number of carboxylic acids is 1. The highest BCUT2D eigenvalue weighted by Crippen LogP contribution is 2.30. The number of aromatic nitrogens is 2. The van der Waals surface area contributed by atoms with Crippen molar-refractivity contribution < 1.29 is 14.6 Å². The van der Waals surface area contributed by atoms with Crippen molar-refractivity contribution in [3.05, 3.63) is 42.5 Å². The number of benzene rings is 2. The van der Waals surface area contributed by atoms with Crippen LogP contribution >= 0.6 is 0 Å². The molecule has 0 saturated heterocycles. The molecule has 23 heavy (non-hydrogen) atoms. The summed E-state index contributed by atoms with van der Waals surface area (Å²) in [7, 11) is 0. The van der Waals surface area contributed by atoms with Crippen LogP contribution in [0, 0.1) is 0 Å². The van der Waals surface area contributed by atoms with Crippen LogP contribution in [-0.4, -0.2) is 27.2 Å². The van der Waals surface area contributed by atoms with Crippen molar-refractivity contribution >= 4 is 22.7 Å². The fourth-order valence-electron chi connectivity index (χ4n) is 2.57. The predicted octanol–water partition coefficient (Wildman–Crippen LogP) is 2.77. The highest BCUT2D eigenvalue weighted by atomic mass is 16.5. The highest BCUT2D eigenvalue weighted by molar-refractivity contribution is 5.83. The van der Waals surface area contributed by atoms with E-state index in [9.17, 15) is 9.90 Å². The lowest BCUT2D eigenvalue weighted by Crippen LogP contribution is -2.10. The van der Waals surface area contributed by atoms with Crippen molar-refractivity contribution in [2.75, 3.05) is 12.3 Å². The number of carbonyl (C=O) groups is 1. The minimum atomic E-state index is -0.923. The number of aliphatic carboxylic acids is 1. The molecule has 6 nitrogen and oxygen atoms in total. The Hall–Kier alpha value is -3.02. The van der Waals surface area contributed by atoms with E-state index in [1.54, 1.807) is 16.7 Å². The third-order valence-corrected chi connectivity index (χ3v) is 3.52. The molecule has 0 atom stereocenters. The van der Waals surface area contributed by atoms with Gasteiger partial charge in [-0.25, -0.2) is 4.98 Å². The molecule has 0 amide bonds. The van der Waals surface area contributed by atoms with Gasteiger partial charge in [0.25, 0.3) is 0 Å². The lowest BCUT2D eigenvalue weighted by atomic mass is 10.1. The van der Waals surface area contributed by atoms with Gasteiger partial charge in [-0.2, -0.15) is 0 Å². The summed E-state index contributed by atoms with van der Waals surface area (Å²) in [5, 5.41) is 9.19. The number of hydrogen-bond donors (Lipinski definition) is 2. The van der Waals surface area contributed by atoms with E-state index in [1.807, 2.05) is 37.3 Å². The van der Waals surface area contributed by atoms with Crippen molar-refractivity contribution in [2.24, 2.45) is 0 Å². The number of imidazole rings is 1. The molecule has 1 heterocycles. The van der Waals surface area contributed by atoms with Gasteiger partial charge in [-0.3, -0.25) is 4.79 Å². The van der Waals surface area contributed by atoms with Gasteiger partial charge in [0, 0.05) is 5.56 Å². The number of nitrogens with zero attached hydrogens (tertiary/aromatic N) is 2. The second-order valence-electron chi connectivity index (χ2n) is 5.09. The molecule has 0 spiro atoms. The molecule has 3 rings (SSSR count). The first-order valence-electron chi connectivity index (χ1n) is 7.30. The largest absolute Gasteiger partial charge is 0.492 e. The summed E-state index contributed by atoms with van der Waals surface area (Å²) >= 11 is 0. The lowest BCUT2D eigenvalue weighted by Gasteiger charge is -2.10. The Morgan fingerprint density at radius 3 is 2.78 bits per heavy atom. The number of nitrogens with two attached hydrogens (primary N) is 1. The zero-order valence-corrected chi connectivity index (χ0v) is 12.7. The van der Waals surface area contributed by atoms with E-state index in [2.05, 4.69) is 4.98 Å². The van der Waals surface area contributed by atoms with Gasteiger partial charge in [0.05, 0.1) is 23.3 Å². The van der Waals surface area contributed by atoms with E-state index < -0.39 is 5.97 Å². The normalized spacial score (nSPS) is 10.8. The standard InChI is InChI=1S/C17H17N3O3/c1-2-23-15-8-7-11(9-12(15)18)17-19-13-5-3-4-6-14(13)20(17)10-16(21)22/h3-9H,2,10,18H2,1H3,(H,21,22). The first-order chi connectivity index (χ1) is 11.1. The Bertz CT molecular complexity index is 871. The monoisotopic (exact) mass is 311 g/mol. The Kier molecular flexibility index (Phi) is 3.89. The predicted molar refractivity (Wildman–Crippen MR) is 88.4 cm³/mol. The second-order valence-corrected chi connectivity index (χ2v) is 5.09. The summed E-state index contributed by atoms with van der Waals surface area (Å²) in [5.74, 6) is 0.258. The summed E-state index contributed by atoms with van der Waals surface area (Å²) in [5.41, 5.74) is 8.79. The molecular weight excluding hydrogens is 294 g/mol. The maximum Gasteiger partial charge on any atom is 0.323 e. The van der Waals surface area contributed by atoms with Gasteiger partial charge in [0.2, 0.25) is 0 Å². The van der Waals surface area contributed by atoms with Gasteiger partial charge >= 0.3 is 5.97 Å². The van der Waals surface area contributed by atoms with Crippen LogP contribution < -0.4 is 10.5 Å². The second kappa shape index (κ2) is 6.00. The summed E-state index contributed by atoms with van der Waals surface area (Å²) in [4.78, 5) is 15.8. The number of hydrogen-bond acceptors (Lipinski definition) is 4. The van der Waals surface area contributed by atoms with E-state index in [-0.39, 0.29) is 6.54 Å². The average Bonchev–Trinajstić information content (AvgIpc) is 2.88. The molecule has 0 fully saturated rings. The van der Waals surface area contributed by atoms with E-state index in [1.165, 1.54) is 0 Å². The molecule has 0 aliphatic carbocycles. The van der Waals surface area contributed by atoms with E-state index in [0.29, 0.717) is 23.9 Å². The molecule has 1 aromatic heterocycles. The number of fused-ring (bicyclic) bond motifs is 1. The fourth-order valence-corrected chi connectivity index (χ4v) is 2.57. The summed E-state index contributed by atoms with van der Waals surface area (Å²) < 4.78 is 7.11. The molecule has 3 aromatic rings. The maximum absolute atomic E-state index is 11.2. The van der Waals surface area contributed by atoms with Gasteiger partial charge < -0.3 is 20.1 Å². The number of anilines is 1. The van der Waals surface area contributed by atoms with Crippen LogP contribution in [0.5, 0.6) is 5.75 Å². The van der Waals surface area contributed by atoms with Crippen molar-refractivity contribution in [3.8, 4) is 17.1 Å². The zero-order valence-electron chi connectivity index (χ0n) is 12.7. The van der Waals surface area contributed by atoms with Gasteiger partial charge in [-0.1, -0.05) is 12.1 Å². The van der Waals surface area contributed by atoms with E-state index in [4.69, 9.17) is 10.5 Å². The van der Waals surface area contributed by atoms with E-state index in [0.717, 1.165) is 16.6 Å².